The first-order valence-corrected chi connectivity index (χ1v) is 10.1. The third kappa shape index (κ3) is 3.88. The fraction of sp³-hybridized carbons (Fsp3) is 0.350. The van der Waals surface area contributed by atoms with Gasteiger partial charge in [-0.3, -0.25) is 0 Å². The van der Waals surface area contributed by atoms with E-state index in [9.17, 15) is 4.79 Å². The van der Waals surface area contributed by atoms with E-state index >= 15 is 0 Å². The van der Waals surface area contributed by atoms with E-state index in [1.807, 2.05) is 18.2 Å². The molecule has 1 aromatic carbocycles. The van der Waals surface area contributed by atoms with E-state index in [1.54, 1.807) is 34.7 Å². The summed E-state index contributed by atoms with van der Waals surface area (Å²) in [6.07, 6.45) is 3.53. The Bertz CT molecular complexity index is 920. The van der Waals surface area contributed by atoms with Crippen LogP contribution in [0.4, 0.5) is 10.6 Å². The molecule has 0 N–H and O–H groups in total. The van der Waals surface area contributed by atoms with Crippen molar-refractivity contribution in [3.05, 3.63) is 47.6 Å². The van der Waals surface area contributed by atoms with Crippen LogP contribution in [-0.4, -0.2) is 47.1 Å². The number of carbonyl (C=O) groups is 1. The van der Waals surface area contributed by atoms with Crippen LogP contribution in [0.15, 0.2) is 42.7 Å². The van der Waals surface area contributed by atoms with Gasteiger partial charge in [-0.2, -0.15) is 0 Å². The maximum atomic E-state index is 12.4. The Morgan fingerprint density at radius 1 is 1.15 bits per heavy atom. The minimum Gasteiger partial charge on any atom is -0.410 e. The van der Waals surface area contributed by atoms with Crippen LogP contribution in [0.5, 0.6) is 5.75 Å². The van der Waals surface area contributed by atoms with Crippen LogP contribution in [0, 0.1) is 0 Å². The average molecular weight is 382 g/mol. The number of para-hydroxylation sites is 1. The van der Waals surface area contributed by atoms with Crippen molar-refractivity contribution in [2.45, 2.75) is 19.8 Å². The maximum Gasteiger partial charge on any atom is 0.415 e. The SMILES string of the molecule is CCCc1cc2c(N3CCN(C(=O)Oc4ccccc4)CC3)ncnc2s1. The van der Waals surface area contributed by atoms with Crippen LogP contribution < -0.4 is 9.64 Å². The summed E-state index contributed by atoms with van der Waals surface area (Å²) in [5, 5.41) is 1.12. The number of fused-ring (bicyclic) bond motifs is 1. The van der Waals surface area contributed by atoms with Crippen molar-refractivity contribution in [1.29, 1.82) is 0 Å². The van der Waals surface area contributed by atoms with Gasteiger partial charge in [-0.15, -0.1) is 11.3 Å². The fourth-order valence-electron chi connectivity index (χ4n) is 3.27. The van der Waals surface area contributed by atoms with Crippen LogP contribution >= 0.6 is 11.3 Å². The van der Waals surface area contributed by atoms with Crippen molar-refractivity contribution in [3.8, 4) is 5.75 Å². The van der Waals surface area contributed by atoms with Gasteiger partial charge < -0.3 is 14.5 Å². The highest BCUT2D eigenvalue weighted by atomic mass is 32.1. The zero-order valence-corrected chi connectivity index (χ0v) is 16.1. The Kier molecular flexibility index (Phi) is 5.20. The van der Waals surface area contributed by atoms with Crippen molar-refractivity contribution in [2.24, 2.45) is 0 Å². The lowest BCUT2D eigenvalue weighted by molar-refractivity contribution is 0.149. The van der Waals surface area contributed by atoms with Crippen LogP contribution in [0.25, 0.3) is 10.2 Å². The summed E-state index contributed by atoms with van der Waals surface area (Å²) in [5.41, 5.74) is 0. The molecule has 0 bridgehead atoms. The second kappa shape index (κ2) is 7.92. The van der Waals surface area contributed by atoms with E-state index in [0.29, 0.717) is 18.8 Å². The van der Waals surface area contributed by atoms with E-state index in [4.69, 9.17) is 4.74 Å². The summed E-state index contributed by atoms with van der Waals surface area (Å²) in [7, 11) is 0. The molecule has 0 saturated carbocycles. The normalized spacial score (nSPS) is 14.6. The minimum atomic E-state index is -0.297. The van der Waals surface area contributed by atoms with E-state index in [-0.39, 0.29) is 6.09 Å². The molecular formula is C20H22N4O2S. The molecular weight excluding hydrogens is 360 g/mol. The topological polar surface area (TPSA) is 58.6 Å². The number of benzene rings is 1. The van der Waals surface area contributed by atoms with Crippen LogP contribution in [0.1, 0.15) is 18.2 Å². The summed E-state index contributed by atoms with van der Waals surface area (Å²) < 4.78 is 5.44. The molecule has 4 rings (SSSR count). The largest absolute Gasteiger partial charge is 0.415 e. The van der Waals surface area contributed by atoms with Crippen LogP contribution in [-0.2, 0) is 6.42 Å². The van der Waals surface area contributed by atoms with E-state index in [0.717, 1.165) is 42.0 Å². The average Bonchev–Trinajstić information content (AvgIpc) is 3.12. The molecule has 140 valence electrons. The van der Waals surface area contributed by atoms with Gasteiger partial charge in [0.1, 0.15) is 22.7 Å². The molecule has 0 spiro atoms. The zero-order chi connectivity index (χ0) is 18.6. The predicted octanol–water partition coefficient (Wildman–Crippen LogP) is 3.96. The van der Waals surface area contributed by atoms with E-state index in [1.165, 1.54) is 4.88 Å². The van der Waals surface area contributed by atoms with Gasteiger partial charge >= 0.3 is 6.09 Å². The van der Waals surface area contributed by atoms with Gasteiger partial charge in [-0.25, -0.2) is 14.8 Å². The van der Waals surface area contributed by atoms with Gasteiger partial charge in [-0.05, 0) is 24.6 Å². The Morgan fingerprint density at radius 2 is 1.93 bits per heavy atom. The van der Waals surface area contributed by atoms with Crippen molar-refractivity contribution >= 4 is 33.5 Å². The van der Waals surface area contributed by atoms with Crippen LogP contribution in [0.2, 0.25) is 0 Å². The van der Waals surface area contributed by atoms with Crippen molar-refractivity contribution in [2.75, 3.05) is 31.1 Å². The number of rotatable bonds is 4. The number of carbonyl (C=O) groups excluding carboxylic acids is 1. The van der Waals surface area contributed by atoms with Crippen molar-refractivity contribution < 1.29 is 9.53 Å². The molecule has 0 unspecified atom stereocenters. The van der Waals surface area contributed by atoms with Crippen molar-refractivity contribution in [1.82, 2.24) is 14.9 Å². The third-order valence-corrected chi connectivity index (χ3v) is 5.74. The maximum absolute atomic E-state index is 12.4. The molecule has 0 aliphatic carbocycles. The van der Waals surface area contributed by atoms with Gasteiger partial charge in [0.2, 0.25) is 0 Å². The summed E-state index contributed by atoms with van der Waals surface area (Å²) >= 11 is 1.74. The lowest BCUT2D eigenvalue weighted by Gasteiger charge is -2.34. The summed E-state index contributed by atoms with van der Waals surface area (Å²) in [6.45, 7) is 4.88. The Labute approximate surface area is 162 Å². The number of hydrogen-bond donors (Lipinski definition) is 0. The quantitative estimate of drug-likeness (QED) is 0.683. The number of nitrogens with zero attached hydrogens (tertiary/aromatic N) is 4. The highest BCUT2D eigenvalue weighted by Crippen LogP contribution is 2.31. The molecule has 0 radical (unpaired) electrons. The molecule has 3 aromatic rings. The number of ether oxygens (including phenoxy) is 1. The smallest absolute Gasteiger partial charge is 0.410 e. The molecule has 1 fully saturated rings. The van der Waals surface area contributed by atoms with Crippen molar-refractivity contribution in [3.63, 3.8) is 0 Å². The van der Waals surface area contributed by atoms with E-state index < -0.39 is 0 Å². The Morgan fingerprint density at radius 3 is 2.67 bits per heavy atom. The Balaban J connectivity index is 1.43. The molecule has 2 aromatic heterocycles. The predicted molar refractivity (Wildman–Crippen MR) is 108 cm³/mol. The number of anilines is 1. The highest BCUT2D eigenvalue weighted by molar-refractivity contribution is 7.18. The standard InChI is InChI=1S/C20H22N4O2S/c1-2-6-16-13-17-18(21-14-22-19(17)27-16)23-9-11-24(12-10-23)20(25)26-15-7-4-3-5-8-15/h3-5,7-8,13-14H,2,6,9-12H2,1H3. The van der Waals surface area contributed by atoms with Gasteiger partial charge in [-0.1, -0.05) is 31.5 Å². The number of hydrogen-bond acceptors (Lipinski definition) is 6. The first kappa shape index (κ1) is 17.7. The number of aromatic nitrogens is 2. The molecule has 1 aliphatic heterocycles. The summed E-state index contributed by atoms with van der Waals surface area (Å²) in [6, 6.07) is 11.4. The fourth-order valence-corrected chi connectivity index (χ4v) is 4.36. The summed E-state index contributed by atoms with van der Waals surface area (Å²) in [5.74, 6) is 1.54. The van der Waals surface area contributed by atoms with Crippen LogP contribution in [0.3, 0.4) is 0 Å². The molecule has 1 amide bonds. The number of amides is 1. The number of piperazine rings is 1. The first-order chi connectivity index (χ1) is 13.2. The lowest BCUT2D eigenvalue weighted by atomic mass is 10.2. The molecule has 1 aliphatic rings. The molecule has 6 nitrogen and oxygen atoms in total. The van der Waals surface area contributed by atoms with Gasteiger partial charge in [0.25, 0.3) is 0 Å². The Hall–Kier alpha value is -2.67. The molecule has 1 saturated heterocycles. The number of aryl methyl sites for hydroxylation is 1. The second-order valence-corrected chi connectivity index (χ2v) is 7.65. The minimum absolute atomic E-state index is 0.297. The lowest BCUT2D eigenvalue weighted by Crippen LogP contribution is -2.49. The monoisotopic (exact) mass is 382 g/mol. The molecule has 7 heteroatoms. The summed E-state index contributed by atoms with van der Waals surface area (Å²) in [4.78, 5) is 27.7. The second-order valence-electron chi connectivity index (χ2n) is 6.53. The molecule has 27 heavy (non-hydrogen) atoms. The third-order valence-electron chi connectivity index (χ3n) is 4.64. The molecule has 0 atom stereocenters. The van der Waals surface area contributed by atoms with Gasteiger partial charge in [0.15, 0.2) is 0 Å². The van der Waals surface area contributed by atoms with Gasteiger partial charge in [0.05, 0.1) is 5.39 Å². The highest BCUT2D eigenvalue weighted by Gasteiger charge is 2.25. The first-order valence-electron chi connectivity index (χ1n) is 9.25. The van der Waals surface area contributed by atoms with Gasteiger partial charge in [0, 0.05) is 31.1 Å². The molecule has 3 heterocycles. The zero-order valence-electron chi connectivity index (χ0n) is 15.3. The number of thiophene rings is 1. The van der Waals surface area contributed by atoms with E-state index in [2.05, 4.69) is 27.9 Å².